The zero-order chi connectivity index (χ0) is 13.5. The SMILES string of the molecule is COC(=O)C1=CO[C@H](OCC(C)C)C[C@@H]1CC=O. The first-order valence-electron chi connectivity index (χ1n) is 6.07. The second kappa shape index (κ2) is 7.16. The van der Waals surface area contributed by atoms with Gasteiger partial charge in [0.05, 0.1) is 25.6 Å². The highest BCUT2D eigenvalue weighted by molar-refractivity contribution is 5.89. The van der Waals surface area contributed by atoms with Gasteiger partial charge in [0.1, 0.15) is 6.29 Å². The Morgan fingerprint density at radius 3 is 2.89 bits per heavy atom. The van der Waals surface area contributed by atoms with E-state index < -0.39 is 12.3 Å². The maximum Gasteiger partial charge on any atom is 0.337 e. The number of hydrogen-bond donors (Lipinski definition) is 0. The van der Waals surface area contributed by atoms with Crippen molar-refractivity contribution in [2.45, 2.75) is 33.0 Å². The van der Waals surface area contributed by atoms with E-state index in [-0.39, 0.29) is 12.3 Å². The lowest BCUT2D eigenvalue weighted by atomic mass is 9.92. The second-order valence-corrected chi connectivity index (χ2v) is 4.69. The van der Waals surface area contributed by atoms with E-state index in [1.165, 1.54) is 13.4 Å². The highest BCUT2D eigenvalue weighted by Gasteiger charge is 2.30. The van der Waals surface area contributed by atoms with E-state index in [2.05, 4.69) is 4.74 Å². The number of carbonyl (C=O) groups is 2. The van der Waals surface area contributed by atoms with Crippen LogP contribution in [0.1, 0.15) is 26.7 Å². The molecule has 2 atom stereocenters. The predicted molar refractivity (Wildman–Crippen MR) is 64.6 cm³/mol. The van der Waals surface area contributed by atoms with Crippen molar-refractivity contribution >= 4 is 12.3 Å². The third-order valence-electron chi connectivity index (χ3n) is 2.68. The maximum atomic E-state index is 11.5. The summed E-state index contributed by atoms with van der Waals surface area (Å²) >= 11 is 0. The zero-order valence-corrected chi connectivity index (χ0v) is 11.0. The Balaban J connectivity index is 2.64. The maximum absolute atomic E-state index is 11.5. The highest BCUT2D eigenvalue weighted by atomic mass is 16.7. The van der Waals surface area contributed by atoms with Crippen LogP contribution >= 0.6 is 0 Å². The zero-order valence-electron chi connectivity index (χ0n) is 11.0. The molecule has 0 aromatic heterocycles. The van der Waals surface area contributed by atoms with Crippen LogP contribution in [0.4, 0.5) is 0 Å². The Labute approximate surface area is 107 Å². The minimum Gasteiger partial charge on any atom is -0.472 e. The Kier molecular flexibility index (Phi) is 5.85. The first kappa shape index (κ1) is 14.7. The van der Waals surface area contributed by atoms with Crippen LogP contribution in [-0.2, 0) is 23.8 Å². The summed E-state index contributed by atoms with van der Waals surface area (Å²) in [7, 11) is 1.31. The number of hydrogen-bond acceptors (Lipinski definition) is 5. The molecule has 0 saturated carbocycles. The summed E-state index contributed by atoms with van der Waals surface area (Å²) in [6, 6.07) is 0. The molecule has 5 nitrogen and oxygen atoms in total. The molecule has 0 bridgehead atoms. The molecule has 0 aliphatic carbocycles. The fraction of sp³-hybridized carbons (Fsp3) is 0.692. The molecule has 0 fully saturated rings. The van der Waals surface area contributed by atoms with Crippen LogP contribution in [0, 0.1) is 11.8 Å². The van der Waals surface area contributed by atoms with Crippen LogP contribution in [0.2, 0.25) is 0 Å². The van der Waals surface area contributed by atoms with Gasteiger partial charge in [-0.3, -0.25) is 0 Å². The Bertz CT molecular complexity index is 321. The molecule has 1 heterocycles. The monoisotopic (exact) mass is 256 g/mol. The highest BCUT2D eigenvalue weighted by Crippen LogP contribution is 2.28. The van der Waals surface area contributed by atoms with E-state index in [4.69, 9.17) is 9.47 Å². The van der Waals surface area contributed by atoms with Crippen molar-refractivity contribution in [2.24, 2.45) is 11.8 Å². The summed E-state index contributed by atoms with van der Waals surface area (Å²) in [6.07, 6.45) is 2.52. The molecule has 18 heavy (non-hydrogen) atoms. The number of ether oxygens (including phenoxy) is 3. The fourth-order valence-electron chi connectivity index (χ4n) is 1.74. The van der Waals surface area contributed by atoms with Gasteiger partial charge in [0, 0.05) is 18.8 Å². The number of esters is 1. The molecule has 5 heteroatoms. The summed E-state index contributed by atoms with van der Waals surface area (Å²) in [5, 5.41) is 0. The van der Waals surface area contributed by atoms with Gasteiger partial charge < -0.3 is 19.0 Å². The molecule has 1 rings (SSSR count). The summed E-state index contributed by atoms with van der Waals surface area (Å²) in [5.74, 6) is -0.242. The van der Waals surface area contributed by atoms with E-state index in [9.17, 15) is 9.59 Å². The number of methoxy groups -OCH3 is 1. The number of aldehydes is 1. The summed E-state index contributed by atoms with van der Waals surface area (Å²) in [6.45, 7) is 4.67. The minimum atomic E-state index is -0.454. The Hall–Kier alpha value is -1.36. The predicted octanol–water partition coefficient (Wildman–Crippen LogP) is 1.67. The normalized spacial score (nSPS) is 23.2. The van der Waals surface area contributed by atoms with Crippen LogP contribution in [-0.4, -0.2) is 32.3 Å². The van der Waals surface area contributed by atoms with Crippen molar-refractivity contribution in [1.82, 2.24) is 0 Å². The molecule has 0 saturated heterocycles. The summed E-state index contributed by atoms with van der Waals surface area (Å²) in [4.78, 5) is 22.1. The van der Waals surface area contributed by atoms with Crippen LogP contribution < -0.4 is 0 Å². The lowest BCUT2D eigenvalue weighted by molar-refractivity contribution is -0.146. The van der Waals surface area contributed by atoms with Gasteiger partial charge in [-0.05, 0) is 5.92 Å². The molecule has 0 spiro atoms. The third kappa shape index (κ3) is 4.14. The van der Waals surface area contributed by atoms with E-state index in [1.54, 1.807) is 0 Å². The lowest BCUT2D eigenvalue weighted by Gasteiger charge is -2.28. The van der Waals surface area contributed by atoms with Gasteiger partial charge in [-0.15, -0.1) is 0 Å². The molecule has 0 radical (unpaired) electrons. The molecule has 102 valence electrons. The molecular weight excluding hydrogens is 236 g/mol. The fourth-order valence-corrected chi connectivity index (χ4v) is 1.74. The van der Waals surface area contributed by atoms with Gasteiger partial charge >= 0.3 is 5.97 Å². The van der Waals surface area contributed by atoms with Gasteiger partial charge in [-0.2, -0.15) is 0 Å². The first-order chi connectivity index (χ1) is 8.58. The molecule has 1 aliphatic rings. The average molecular weight is 256 g/mol. The van der Waals surface area contributed by atoms with Crippen molar-refractivity contribution in [3.63, 3.8) is 0 Å². The van der Waals surface area contributed by atoms with Gasteiger partial charge in [-0.25, -0.2) is 4.79 Å². The molecule has 0 amide bonds. The third-order valence-corrected chi connectivity index (χ3v) is 2.68. The quantitative estimate of drug-likeness (QED) is 0.534. The topological polar surface area (TPSA) is 61.8 Å². The van der Waals surface area contributed by atoms with Gasteiger partial charge in [-0.1, -0.05) is 13.8 Å². The van der Waals surface area contributed by atoms with E-state index >= 15 is 0 Å². The number of carbonyl (C=O) groups excluding carboxylic acids is 2. The Morgan fingerprint density at radius 2 is 2.33 bits per heavy atom. The summed E-state index contributed by atoms with van der Waals surface area (Å²) in [5.41, 5.74) is 0.397. The van der Waals surface area contributed by atoms with Crippen LogP contribution in [0.15, 0.2) is 11.8 Å². The molecule has 0 aromatic carbocycles. The van der Waals surface area contributed by atoms with Crippen molar-refractivity contribution in [3.05, 3.63) is 11.8 Å². The average Bonchev–Trinajstić information content (AvgIpc) is 2.36. The molecule has 1 aliphatic heterocycles. The molecule has 0 N–H and O–H groups in total. The summed E-state index contributed by atoms with van der Waals surface area (Å²) < 4.78 is 15.5. The largest absolute Gasteiger partial charge is 0.472 e. The van der Waals surface area contributed by atoms with Crippen molar-refractivity contribution in [3.8, 4) is 0 Å². The van der Waals surface area contributed by atoms with Gasteiger partial charge in [0.2, 0.25) is 0 Å². The van der Waals surface area contributed by atoms with Gasteiger partial charge in [0.15, 0.2) is 6.29 Å². The van der Waals surface area contributed by atoms with Crippen molar-refractivity contribution in [2.75, 3.05) is 13.7 Å². The van der Waals surface area contributed by atoms with E-state index in [0.29, 0.717) is 24.5 Å². The van der Waals surface area contributed by atoms with Crippen LogP contribution in [0.5, 0.6) is 0 Å². The first-order valence-corrected chi connectivity index (χ1v) is 6.07. The smallest absolute Gasteiger partial charge is 0.337 e. The molecular formula is C13H20O5. The Morgan fingerprint density at radius 1 is 1.61 bits per heavy atom. The minimum absolute atomic E-state index is 0.194. The van der Waals surface area contributed by atoms with Crippen molar-refractivity contribution in [1.29, 1.82) is 0 Å². The standard InChI is InChI=1S/C13H20O5/c1-9(2)7-17-12-6-10(4-5-14)11(8-18-12)13(15)16-3/h5,8-10,12H,4,6-7H2,1-3H3/t10-,12-/m0/s1. The lowest BCUT2D eigenvalue weighted by Crippen LogP contribution is -2.29. The van der Waals surface area contributed by atoms with E-state index in [1.807, 2.05) is 13.8 Å². The van der Waals surface area contributed by atoms with E-state index in [0.717, 1.165) is 6.29 Å². The van der Waals surface area contributed by atoms with Crippen LogP contribution in [0.3, 0.4) is 0 Å². The number of rotatable bonds is 6. The van der Waals surface area contributed by atoms with Gasteiger partial charge in [0.25, 0.3) is 0 Å². The van der Waals surface area contributed by atoms with Crippen molar-refractivity contribution < 1.29 is 23.8 Å². The second-order valence-electron chi connectivity index (χ2n) is 4.69. The molecule has 0 aromatic rings. The molecule has 0 unspecified atom stereocenters. The van der Waals surface area contributed by atoms with Crippen LogP contribution in [0.25, 0.3) is 0 Å².